The van der Waals surface area contributed by atoms with E-state index < -0.39 is 0 Å². The number of carbonyl (C=O) groups is 1. The molecule has 1 aromatic rings. The van der Waals surface area contributed by atoms with Gasteiger partial charge in [-0.3, -0.25) is 19.1 Å². The first kappa shape index (κ1) is 21.9. The van der Waals surface area contributed by atoms with Crippen LogP contribution in [0.5, 0.6) is 0 Å². The number of aromatic nitrogens is 1. The highest BCUT2D eigenvalue weighted by molar-refractivity contribution is 8.26. The SMILES string of the molecule is C=CCN1C(=O)C(=Cc2c(C)c(C#N)c(=O)n(CC)c2N(CC)CC)SC1=S. The standard InChI is InChI=1S/C20H24N4O2S2/c1-6-10-24-19(26)16(28-20(24)27)11-14-13(5)15(12-21)18(25)23(9-4)17(14)22(7-2)8-3/h6,11H,1,7-10H2,2-5H3. The van der Waals surface area contributed by atoms with Gasteiger partial charge in [0.15, 0.2) is 0 Å². The number of anilines is 1. The van der Waals surface area contributed by atoms with Crippen molar-refractivity contribution in [3.63, 3.8) is 0 Å². The zero-order chi connectivity index (χ0) is 21.0. The largest absolute Gasteiger partial charge is 0.358 e. The number of carbonyl (C=O) groups excluding carboxylic acids is 1. The number of hydrogen-bond donors (Lipinski definition) is 0. The number of pyridine rings is 1. The van der Waals surface area contributed by atoms with Crippen LogP contribution in [-0.4, -0.2) is 39.3 Å². The van der Waals surface area contributed by atoms with Gasteiger partial charge in [-0.15, -0.1) is 6.58 Å². The Hall–Kier alpha value is -2.37. The summed E-state index contributed by atoms with van der Waals surface area (Å²) >= 11 is 6.54. The molecule has 0 saturated carbocycles. The van der Waals surface area contributed by atoms with Crippen molar-refractivity contribution < 1.29 is 4.79 Å². The summed E-state index contributed by atoms with van der Waals surface area (Å²) in [5.74, 6) is 0.538. The molecule has 0 unspecified atom stereocenters. The van der Waals surface area contributed by atoms with E-state index in [-0.39, 0.29) is 17.0 Å². The van der Waals surface area contributed by atoms with E-state index in [0.29, 0.717) is 46.5 Å². The van der Waals surface area contributed by atoms with Crippen LogP contribution in [0.4, 0.5) is 5.82 Å². The van der Waals surface area contributed by atoms with Crippen LogP contribution in [0.1, 0.15) is 37.5 Å². The Kier molecular flexibility index (Phi) is 7.22. The topological polar surface area (TPSA) is 69.3 Å². The molecule has 0 spiro atoms. The lowest BCUT2D eigenvalue weighted by Crippen LogP contribution is -2.34. The van der Waals surface area contributed by atoms with Crippen molar-refractivity contribution in [3.8, 4) is 6.07 Å². The van der Waals surface area contributed by atoms with Crippen LogP contribution in [0.3, 0.4) is 0 Å². The van der Waals surface area contributed by atoms with Gasteiger partial charge < -0.3 is 4.90 Å². The average Bonchev–Trinajstić information content (AvgIpc) is 2.94. The molecule has 0 N–H and O–H groups in total. The highest BCUT2D eigenvalue weighted by atomic mass is 32.2. The van der Waals surface area contributed by atoms with E-state index in [4.69, 9.17) is 12.2 Å². The number of amides is 1. The van der Waals surface area contributed by atoms with Gasteiger partial charge in [-0.25, -0.2) is 0 Å². The van der Waals surface area contributed by atoms with Crippen LogP contribution in [0.15, 0.2) is 22.4 Å². The Morgan fingerprint density at radius 3 is 2.43 bits per heavy atom. The second kappa shape index (κ2) is 9.22. The molecule has 8 heteroatoms. The smallest absolute Gasteiger partial charge is 0.270 e. The van der Waals surface area contributed by atoms with Gasteiger partial charge in [0.1, 0.15) is 21.8 Å². The minimum absolute atomic E-state index is 0.102. The van der Waals surface area contributed by atoms with Gasteiger partial charge >= 0.3 is 0 Å². The molecule has 0 bridgehead atoms. The molecule has 1 aliphatic rings. The predicted molar refractivity (Wildman–Crippen MR) is 119 cm³/mol. The van der Waals surface area contributed by atoms with Crippen LogP contribution < -0.4 is 10.5 Å². The Morgan fingerprint density at radius 2 is 1.93 bits per heavy atom. The fourth-order valence-electron chi connectivity index (χ4n) is 3.22. The van der Waals surface area contributed by atoms with Gasteiger partial charge in [0.2, 0.25) is 0 Å². The summed E-state index contributed by atoms with van der Waals surface area (Å²) in [4.78, 5) is 29.6. The van der Waals surface area contributed by atoms with E-state index in [1.165, 1.54) is 16.7 Å². The zero-order valence-corrected chi connectivity index (χ0v) is 18.2. The highest BCUT2D eigenvalue weighted by Crippen LogP contribution is 2.35. The molecule has 0 atom stereocenters. The number of nitriles is 1. The summed E-state index contributed by atoms with van der Waals surface area (Å²) in [7, 11) is 0. The number of rotatable bonds is 7. The third-order valence-electron chi connectivity index (χ3n) is 4.69. The first-order chi connectivity index (χ1) is 13.4. The van der Waals surface area contributed by atoms with Crippen molar-refractivity contribution in [2.75, 3.05) is 24.5 Å². The van der Waals surface area contributed by atoms with Crippen LogP contribution in [0.2, 0.25) is 0 Å². The van der Waals surface area contributed by atoms with Crippen molar-refractivity contribution in [3.05, 3.63) is 44.6 Å². The van der Waals surface area contributed by atoms with Gasteiger partial charge in [0.05, 0.1) is 4.91 Å². The summed E-state index contributed by atoms with van der Waals surface area (Å²) in [6.07, 6.45) is 3.39. The van der Waals surface area contributed by atoms with Gasteiger partial charge in [0.25, 0.3) is 11.5 Å². The van der Waals surface area contributed by atoms with Gasteiger partial charge in [-0.2, -0.15) is 5.26 Å². The van der Waals surface area contributed by atoms with E-state index in [2.05, 4.69) is 11.5 Å². The Bertz CT molecular complexity index is 952. The van der Waals surface area contributed by atoms with Crippen molar-refractivity contribution in [2.45, 2.75) is 34.2 Å². The van der Waals surface area contributed by atoms with Crippen molar-refractivity contribution in [1.82, 2.24) is 9.47 Å². The van der Waals surface area contributed by atoms with Crippen molar-refractivity contribution in [1.29, 1.82) is 5.26 Å². The van der Waals surface area contributed by atoms with E-state index in [1.54, 1.807) is 23.6 Å². The van der Waals surface area contributed by atoms with Crippen molar-refractivity contribution in [2.24, 2.45) is 0 Å². The molecule has 1 aliphatic heterocycles. The molecule has 1 fully saturated rings. The van der Waals surface area contributed by atoms with Gasteiger partial charge in [-0.05, 0) is 39.3 Å². The Labute approximate surface area is 175 Å². The van der Waals surface area contributed by atoms with Crippen LogP contribution in [0.25, 0.3) is 6.08 Å². The molecule has 148 valence electrons. The van der Waals surface area contributed by atoms with E-state index in [0.717, 1.165) is 5.82 Å². The number of nitrogens with zero attached hydrogens (tertiary/aromatic N) is 4. The fraction of sp³-hybridized carbons (Fsp3) is 0.400. The highest BCUT2D eigenvalue weighted by Gasteiger charge is 2.32. The predicted octanol–water partition coefficient (Wildman–Crippen LogP) is 3.28. The normalized spacial score (nSPS) is 15.2. The number of hydrogen-bond acceptors (Lipinski definition) is 6. The summed E-state index contributed by atoms with van der Waals surface area (Å²) in [5.41, 5.74) is 1.08. The summed E-state index contributed by atoms with van der Waals surface area (Å²) < 4.78 is 2.08. The monoisotopic (exact) mass is 416 g/mol. The summed E-state index contributed by atoms with van der Waals surface area (Å²) in [5, 5.41) is 9.54. The first-order valence-electron chi connectivity index (χ1n) is 9.14. The Morgan fingerprint density at radius 1 is 1.29 bits per heavy atom. The molecular formula is C20H24N4O2S2. The second-order valence-electron chi connectivity index (χ2n) is 6.15. The van der Waals surface area contributed by atoms with Crippen molar-refractivity contribution >= 4 is 46.1 Å². The lowest BCUT2D eigenvalue weighted by Gasteiger charge is -2.28. The van der Waals surface area contributed by atoms with Gasteiger partial charge in [-0.1, -0.05) is 30.1 Å². The molecule has 6 nitrogen and oxygen atoms in total. The second-order valence-corrected chi connectivity index (χ2v) is 7.83. The molecule has 2 rings (SSSR count). The lowest BCUT2D eigenvalue weighted by atomic mass is 10.0. The first-order valence-corrected chi connectivity index (χ1v) is 10.4. The fourth-order valence-corrected chi connectivity index (χ4v) is 4.48. The molecule has 0 aliphatic carbocycles. The lowest BCUT2D eigenvalue weighted by molar-refractivity contribution is -0.121. The molecule has 28 heavy (non-hydrogen) atoms. The minimum Gasteiger partial charge on any atom is -0.358 e. The van der Waals surface area contributed by atoms with E-state index >= 15 is 0 Å². The van der Waals surface area contributed by atoms with E-state index in [1.807, 2.05) is 26.8 Å². The molecule has 1 aromatic heterocycles. The zero-order valence-electron chi connectivity index (χ0n) is 16.6. The molecule has 0 radical (unpaired) electrons. The molecule has 0 aromatic carbocycles. The van der Waals surface area contributed by atoms with Crippen LogP contribution in [-0.2, 0) is 11.3 Å². The third-order valence-corrected chi connectivity index (χ3v) is 6.06. The maximum Gasteiger partial charge on any atom is 0.270 e. The maximum absolute atomic E-state index is 12.8. The summed E-state index contributed by atoms with van der Waals surface area (Å²) in [6.45, 7) is 13.5. The summed E-state index contributed by atoms with van der Waals surface area (Å²) in [6, 6.07) is 2.03. The molecule has 2 heterocycles. The number of thiocarbonyl (C=S) groups is 1. The maximum atomic E-state index is 12.8. The van der Waals surface area contributed by atoms with Gasteiger partial charge in [0, 0.05) is 31.7 Å². The molecule has 1 saturated heterocycles. The quantitative estimate of drug-likeness (QED) is 0.386. The van der Waals surface area contributed by atoms with E-state index in [9.17, 15) is 14.9 Å². The molecular weight excluding hydrogens is 392 g/mol. The number of thioether (sulfide) groups is 1. The Balaban J connectivity index is 2.81. The minimum atomic E-state index is -0.305. The van der Waals surface area contributed by atoms with Crippen LogP contribution in [0, 0.1) is 18.3 Å². The molecule has 1 amide bonds. The van der Waals surface area contributed by atoms with Crippen LogP contribution >= 0.6 is 24.0 Å². The third kappa shape index (κ3) is 3.77. The average molecular weight is 417 g/mol.